The van der Waals surface area contributed by atoms with E-state index in [1.807, 2.05) is 18.2 Å². The normalized spacial score (nSPS) is 20.2. The fourth-order valence-corrected chi connectivity index (χ4v) is 2.04. The van der Waals surface area contributed by atoms with Gasteiger partial charge in [-0.15, -0.1) is 0 Å². The third-order valence-electron chi connectivity index (χ3n) is 3.07. The number of nitrogens with one attached hydrogen (secondary N) is 1. The van der Waals surface area contributed by atoms with Crippen molar-refractivity contribution in [2.75, 3.05) is 19.7 Å². The lowest BCUT2D eigenvalue weighted by Gasteiger charge is -2.22. The molecule has 0 aromatic heterocycles. The number of ketones is 1. The predicted molar refractivity (Wildman–Crippen MR) is 67.4 cm³/mol. The van der Waals surface area contributed by atoms with Gasteiger partial charge < -0.3 is 10.1 Å². The average molecular weight is 233 g/mol. The lowest BCUT2D eigenvalue weighted by molar-refractivity contribution is 0.0240. The van der Waals surface area contributed by atoms with Gasteiger partial charge in [-0.25, -0.2) is 0 Å². The van der Waals surface area contributed by atoms with Crippen LogP contribution in [0.4, 0.5) is 0 Å². The van der Waals surface area contributed by atoms with Gasteiger partial charge in [-0.3, -0.25) is 4.79 Å². The van der Waals surface area contributed by atoms with Gasteiger partial charge in [0.2, 0.25) is 0 Å². The van der Waals surface area contributed by atoms with Crippen LogP contribution in [0.2, 0.25) is 0 Å². The summed E-state index contributed by atoms with van der Waals surface area (Å²) in [5, 5.41) is 3.24. The van der Waals surface area contributed by atoms with Crippen molar-refractivity contribution in [3.8, 4) is 0 Å². The molecule has 1 aliphatic heterocycles. The van der Waals surface area contributed by atoms with Crippen LogP contribution in [0, 0.1) is 0 Å². The molecule has 17 heavy (non-hydrogen) atoms. The van der Waals surface area contributed by atoms with Gasteiger partial charge in [-0.1, -0.05) is 25.1 Å². The van der Waals surface area contributed by atoms with Crippen molar-refractivity contribution in [1.29, 1.82) is 0 Å². The molecule has 1 saturated heterocycles. The van der Waals surface area contributed by atoms with E-state index in [4.69, 9.17) is 4.74 Å². The second-order valence-corrected chi connectivity index (χ2v) is 4.38. The molecule has 1 aliphatic rings. The van der Waals surface area contributed by atoms with E-state index < -0.39 is 0 Å². The van der Waals surface area contributed by atoms with Gasteiger partial charge in [0.25, 0.3) is 0 Å². The first-order valence-corrected chi connectivity index (χ1v) is 6.24. The molecule has 1 heterocycles. The van der Waals surface area contributed by atoms with Crippen LogP contribution in [0.3, 0.4) is 0 Å². The summed E-state index contributed by atoms with van der Waals surface area (Å²) in [7, 11) is 0. The molecular formula is C14H19NO2. The Morgan fingerprint density at radius 3 is 3.12 bits per heavy atom. The maximum absolute atomic E-state index is 12.1. The van der Waals surface area contributed by atoms with E-state index in [1.54, 1.807) is 0 Å². The predicted octanol–water partition coefficient (Wildman–Crippen LogP) is 1.81. The topological polar surface area (TPSA) is 38.3 Å². The lowest BCUT2D eigenvalue weighted by Crippen LogP contribution is -2.39. The SMILES string of the molecule is CCc1cccc(C(=O)CC2CNCCO2)c1. The fourth-order valence-electron chi connectivity index (χ4n) is 2.04. The van der Waals surface area contributed by atoms with Crippen LogP contribution in [-0.4, -0.2) is 31.6 Å². The van der Waals surface area contributed by atoms with Crippen LogP contribution < -0.4 is 5.32 Å². The van der Waals surface area contributed by atoms with Crippen LogP contribution in [0.1, 0.15) is 29.3 Å². The molecule has 0 bridgehead atoms. The van der Waals surface area contributed by atoms with E-state index >= 15 is 0 Å². The molecule has 1 aromatic rings. The minimum atomic E-state index is 0.0292. The molecule has 2 rings (SSSR count). The Morgan fingerprint density at radius 1 is 1.53 bits per heavy atom. The van der Waals surface area contributed by atoms with E-state index in [0.29, 0.717) is 13.0 Å². The Labute approximate surface area is 102 Å². The number of aryl methyl sites for hydroxylation is 1. The van der Waals surface area contributed by atoms with Crippen molar-refractivity contribution in [3.63, 3.8) is 0 Å². The molecule has 1 fully saturated rings. The van der Waals surface area contributed by atoms with Crippen molar-refractivity contribution in [2.24, 2.45) is 0 Å². The number of hydrogen-bond acceptors (Lipinski definition) is 3. The van der Waals surface area contributed by atoms with Crippen molar-refractivity contribution >= 4 is 5.78 Å². The zero-order chi connectivity index (χ0) is 12.1. The molecule has 92 valence electrons. The number of carbonyl (C=O) groups excluding carboxylic acids is 1. The van der Waals surface area contributed by atoms with Crippen LogP contribution in [0.15, 0.2) is 24.3 Å². The highest BCUT2D eigenvalue weighted by Gasteiger charge is 2.18. The molecule has 1 atom stereocenters. The third-order valence-corrected chi connectivity index (χ3v) is 3.07. The molecular weight excluding hydrogens is 214 g/mol. The van der Waals surface area contributed by atoms with Crippen LogP contribution in [0.5, 0.6) is 0 Å². The van der Waals surface area contributed by atoms with E-state index in [1.165, 1.54) is 5.56 Å². The van der Waals surface area contributed by atoms with Crippen LogP contribution >= 0.6 is 0 Å². The fraction of sp³-hybridized carbons (Fsp3) is 0.500. The average Bonchev–Trinajstić information content (AvgIpc) is 2.40. The van der Waals surface area contributed by atoms with Gasteiger partial charge in [0.05, 0.1) is 12.7 Å². The highest BCUT2D eigenvalue weighted by atomic mass is 16.5. The largest absolute Gasteiger partial charge is 0.375 e. The quantitative estimate of drug-likeness (QED) is 0.806. The summed E-state index contributed by atoms with van der Waals surface area (Å²) in [6.07, 6.45) is 1.46. The number of Topliss-reactive ketones (excluding diaryl/α,β-unsaturated/α-hetero) is 1. The summed E-state index contributed by atoms with van der Waals surface area (Å²) >= 11 is 0. The Morgan fingerprint density at radius 2 is 2.41 bits per heavy atom. The first-order valence-electron chi connectivity index (χ1n) is 6.24. The summed E-state index contributed by atoms with van der Waals surface area (Å²) < 4.78 is 5.54. The molecule has 3 nitrogen and oxygen atoms in total. The smallest absolute Gasteiger partial charge is 0.165 e. The van der Waals surface area contributed by atoms with Gasteiger partial charge >= 0.3 is 0 Å². The summed E-state index contributed by atoms with van der Waals surface area (Å²) in [5.41, 5.74) is 2.01. The third kappa shape index (κ3) is 3.38. The number of rotatable bonds is 4. The second kappa shape index (κ2) is 5.94. The summed E-state index contributed by atoms with van der Waals surface area (Å²) in [5.74, 6) is 0.175. The summed E-state index contributed by atoms with van der Waals surface area (Å²) in [6.45, 7) is 4.46. The second-order valence-electron chi connectivity index (χ2n) is 4.38. The van der Waals surface area contributed by atoms with Crippen LogP contribution in [-0.2, 0) is 11.2 Å². The molecule has 1 N–H and O–H groups in total. The minimum Gasteiger partial charge on any atom is -0.375 e. The zero-order valence-electron chi connectivity index (χ0n) is 10.2. The molecule has 0 aliphatic carbocycles. The Balaban J connectivity index is 1.98. The molecule has 0 spiro atoms. The summed E-state index contributed by atoms with van der Waals surface area (Å²) in [4.78, 5) is 12.1. The van der Waals surface area contributed by atoms with Gasteiger partial charge in [0, 0.05) is 25.1 Å². The van der Waals surface area contributed by atoms with E-state index in [2.05, 4.69) is 18.3 Å². The maximum atomic E-state index is 12.1. The lowest BCUT2D eigenvalue weighted by atomic mass is 10.0. The number of benzene rings is 1. The number of hydrogen-bond donors (Lipinski definition) is 1. The van der Waals surface area contributed by atoms with E-state index in [0.717, 1.165) is 25.1 Å². The molecule has 1 unspecified atom stereocenters. The summed E-state index contributed by atoms with van der Waals surface area (Å²) in [6, 6.07) is 7.87. The van der Waals surface area contributed by atoms with Crippen LogP contribution in [0.25, 0.3) is 0 Å². The van der Waals surface area contributed by atoms with Gasteiger partial charge in [-0.05, 0) is 18.1 Å². The molecule has 0 saturated carbocycles. The Bertz CT molecular complexity index is 384. The van der Waals surface area contributed by atoms with Crippen molar-refractivity contribution in [2.45, 2.75) is 25.9 Å². The Hall–Kier alpha value is -1.19. The van der Waals surface area contributed by atoms with Gasteiger partial charge in [0.1, 0.15) is 0 Å². The van der Waals surface area contributed by atoms with E-state index in [9.17, 15) is 4.79 Å². The Kier molecular flexibility index (Phi) is 4.29. The molecule has 1 aromatic carbocycles. The van der Waals surface area contributed by atoms with Crippen molar-refractivity contribution < 1.29 is 9.53 Å². The molecule has 0 amide bonds. The minimum absolute atomic E-state index is 0.0292. The first-order chi connectivity index (χ1) is 8.29. The standard InChI is InChI=1S/C14H19NO2/c1-2-11-4-3-5-12(8-11)14(16)9-13-10-15-6-7-17-13/h3-5,8,13,15H,2,6-7,9-10H2,1H3. The monoisotopic (exact) mass is 233 g/mol. The van der Waals surface area contributed by atoms with Crippen molar-refractivity contribution in [3.05, 3.63) is 35.4 Å². The first kappa shape index (κ1) is 12.3. The van der Waals surface area contributed by atoms with Gasteiger partial charge in [0.15, 0.2) is 5.78 Å². The number of morpholine rings is 1. The highest BCUT2D eigenvalue weighted by Crippen LogP contribution is 2.11. The van der Waals surface area contributed by atoms with Gasteiger partial charge in [-0.2, -0.15) is 0 Å². The number of ether oxygens (including phenoxy) is 1. The maximum Gasteiger partial charge on any atom is 0.165 e. The highest BCUT2D eigenvalue weighted by molar-refractivity contribution is 5.96. The molecule has 3 heteroatoms. The van der Waals surface area contributed by atoms with E-state index in [-0.39, 0.29) is 11.9 Å². The zero-order valence-corrected chi connectivity index (χ0v) is 10.2. The number of carbonyl (C=O) groups is 1. The molecule has 0 radical (unpaired) electrons. The van der Waals surface area contributed by atoms with Crippen molar-refractivity contribution in [1.82, 2.24) is 5.32 Å².